The number of hydrogen-bond donors (Lipinski definition) is 2. The summed E-state index contributed by atoms with van der Waals surface area (Å²) in [5.74, 6) is -0.0156. The van der Waals surface area contributed by atoms with Gasteiger partial charge in [-0.3, -0.25) is 9.59 Å². The van der Waals surface area contributed by atoms with E-state index in [1.165, 1.54) is 6.92 Å². The van der Waals surface area contributed by atoms with Gasteiger partial charge >= 0.3 is 0 Å². The molecule has 0 fully saturated rings. The van der Waals surface area contributed by atoms with Crippen molar-refractivity contribution in [3.05, 3.63) is 29.8 Å². The third-order valence-corrected chi connectivity index (χ3v) is 2.75. The van der Waals surface area contributed by atoms with Crippen LogP contribution in [0.5, 0.6) is 0 Å². The minimum absolute atomic E-state index is 0.0857. The predicted octanol–water partition coefficient (Wildman–Crippen LogP) is 0.865. The van der Waals surface area contributed by atoms with Crippen LogP contribution in [0.25, 0.3) is 0 Å². The monoisotopic (exact) mass is 263 g/mol. The van der Waals surface area contributed by atoms with E-state index in [0.29, 0.717) is 13.0 Å². The fraction of sp³-hybridized carbons (Fsp3) is 0.429. The van der Waals surface area contributed by atoms with Crippen LogP contribution in [0, 0.1) is 0 Å². The van der Waals surface area contributed by atoms with Crippen LogP contribution in [-0.2, 0) is 16.0 Å². The first-order chi connectivity index (χ1) is 9.02. The molecule has 0 unspecified atom stereocenters. The molecule has 1 rings (SSSR count). The second kappa shape index (κ2) is 7.53. The van der Waals surface area contributed by atoms with Gasteiger partial charge in [-0.15, -0.1) is 0 Å². The molecule has 0 atom stereocenters. The van der Waals surface area contributed by atoms with Crippen molar-refractivity contribution in [3.8, 4) is 0 Å². The quantitative estimate of drug-likeness (QED) is 0.800. The van der Waals surface area contributed by atoms with Crippen molar-refractivity contribution in [2.24, 2.45) is 0 Å². The lowest BCUT2D eigenvalue weighted by atomic mass is 10.1. The highest BCUT2D eigenvalue weighted by atomic mass is 16.2. The van der Waals surface area contributed by atoms with E-state index in [-0.39, 0.29) is 11.8 Å². The number of likely N-dealkylation sites (N-methyl/N-ethyl adjacent to an activating group) is 2. The van der Waals surface area contributed by atoms with Crippen molar-refractivity contribution in [1.29, 1.82) is 0 Å². The van der Waals surface area contributed by atoms with Gasteiger partial charge in [-0.25, -0.2) is 0 Å². The molecule has 0 saturated carbocycles. The smallest absolute Gasteiger partial charge is 0.226 e. The van der Waals surface area contributed by atoms with E-state index in [0.717, 1.165) is 17.8 Å². The standard InChI is InChI=1S/C14H21N3O2/c1-11(18)16-13-6-4-12(5-7-13)10-14(19)17(3)9-8-15-2/h4-7,15H,8-10H2,1-3H3,(H,16,18). The summed E-state index contributed by atoms with van der Waals surface area (Å²) in [7, 11) is 3.66. The Kier molecular flexibility index (Phi) is 6.02. The van der Waals surface area contributed by atoms with Gasteiger partial charge in [0.25, 0.3) is 0 Å². The summed E-state index contributed by atoms with van der Waals surface area (Å²) in [6.07, 6.45) is 0.376. The molecular formula is C14H21N3O2. The third kappa shape index (κ3) is 5.52. The number of carbonyl (C=O) groups is 2. The molecule has 5 heteroatoms. The molecule has 5 nitrogen and oxygen atoms in total. The number of benzene rings is 1. The van der Waals surface area contributed by atoms with Crippen molar-refractivity contribution >= 4 is 17.5 Å². The minimum Gasteiger partial charge on any atom is -0.344 e. The fourth-order valence-corrected chi connectivity index (χ4v) is 1.62. The van der Waals surface area contributed by atoms with Crippen molar-refractivity contribution in [3.63, 3.8) is 0 Å². The summed E-state index contributed by atoms with van der Waals surface area (Å²) in [6, 6.07) is 7.32. The summed E-state index contributed by atoms with van der Waals surface area (Å²) in [5, 5.41) is 5.70. The summed E-state index contributed by atoms with van der Waals surface area (Å²) in [5.41, 5.74) is 1.68. The van der Waals surface area contributed by atoms with Crippen LogP contribution in [-0.4, -0.2) is 43.9 Å². The second-order valence-corrected chi connectivity index (χ2v) is 4.47. The predicted molar refractivity (Wildman–Crippen MR) is 76.0 cm³/mol. The summed E-state index contributed by atoms with van der Waals surface area (Å²) >= 11 is 0. The van der Waals surface area contributed by atoms with Crippen molar-refractivity contribution < 1.29 is 9.59 Å². The maximum absolute atomic E-state index is 11.9. The van der Waals surface area contributed by atoms with Gasteiger partial charge in [-0.2, -0.15) is 0 Å². The molecule has 19 heavy (non-hydrogen) atoms. The van der Waals surface area contributed by atoms with Gasteiger partial charge in [0, 0.05) is 32.7 Å². The van der Waals surface area contributed by atoms with Gasteiger partial charge in [-0.05, 0) is 24.7 Å². The molecule has 0 heterocycles. The Morgan fingerprint density at radius 2 is 1.84 bits per heavy atom. The number of amides is 2. The molecule has 0 aliphatic heterocycles. The zero-order valence-electron chi connectivity index (χ0n) is 11.7. The fourth-order valence-electron chi connectivity index (χ4n) is 1.62. The average Bonchev–Trinajstić information content (AvgIpc) is 2.37. The normalized spacial score (nSPS) is 10.1. The van der Waals surface area contributed by atoms with E-state index >= 15 is 0 Å². The molecule has 0 saturated heterocycles. The topological polar surface area (TPSA) is 61.4 Å². The molecule has 1 aromatic rings. The Bertz CT molecular complexity index is 429. The first kappa shape index (κ1) is 15.2. The number of nitrogens with zero attached hydrogens (tertiary/aromatic N) is 1. The van der Waals surface area contributed by atoms with Crippen LogP contribution < -0.4 is 10.6 Å². The maximum Gasteiger partial charge on any atom is 0.226 e. The van der Waals surface area contributed by atoms with Crippen LogP contribution in [0.4, 0.5) is 5.69 Å². The Morgan fingerprint density at radius 3 is 2.37 bits per heavy atom. The molecule has 0 aromatic heterocycles. The minimum atomic E-state index is -0.101. The van der Waals surface area contributed by atoms with Crippen LogP contribution in [0.3, 0.4) is 0 Å². The highest BCUT2D eigenvalue weighted by Gasteiger charge is 2.09. The van der Waals surface area contributed by atoms with E-state index < -0.39 is 0 Å². The lowest BCUT2D eigenvalue weighted by molar-refractivity contribution is -0.129. The van der Waals surface area contributed by atoms with Crippen molar-refractivity contribution in [2.45, 2.75) is 13.3 Å². The summed E-state index contributed by atoms with van der Waals surface area (Å²) < 4.78 is 0. The zero-order valence-corrected chi connectivity index (χ0v) is 11.7. The van der Waals surface area contributed by atoms with Gasteiger partial charge in [0.15, 0.2) is 0 Å². The summed E-state index contributed by atoms with van der Waals surface area (Å²) in [6.45, 7) is 2.94. The van der Waals surface area contributed by atoms with Gasteiger partial charge < -0.3 is 15.5 Å². The average molecular weight is 263 g/mol. The molecule has 2 amide bonds. The Labute approximate surface area is 114 Å². The van der Waals surface area contributed by atoms with Crippen molar-refractivity contribution in [2.75, 3.05) is 32.5 Å². The van der Waals surface area contributed by atoms with Gasteiger partial charge in [0.2, 0.25) is 11.8 Å². The molecule has 0 bridgehead atoms. The maximum atomic E-state index is 11.9. The molecule has 0 aliphatic carbocycles. The first-order valence-corrected chi connectivity index (χ1v) is 6.28. The Morgan fingerprint density at radius 1 is 1.21 bits per heavy atom. The summed E-state index contributed by atoms with van der Waals surface area (Å²) in [4.78, 5) is 24.5. The molecule has 104 valence electrons. The van der Waals surface area contributed by atoms with Crippen LogP contribution in [0.2, 0.25) is 0 Å². The molecule has 1 aromatic carbocycles. The van der Waals surface area contributed by atoms with Crippen LogP contribution >= 0.6 is 0 Å². The first-order valence-electron chi connectivity index (χ1n) is 6.28. The molecule has 0 aliphatic rings. The third-order valence-electron chi connectivity index (χ3n) is 2.75. The lowest BCUT2D eigenvalue weighted by Crippen LogP contribution is -2.33. The van der Waals surface area contributed by atoms with E-state index in [4.69, 9.17) is 0 Å². The molecule has 0 radical (unpaired) electrons. The molecule has 2 N–H and O–H groups in total. The van der Waals surface area contributed by atoms with Crippen molar-refractivity contribution in [1.82, 2.24) is 10.2 Å². The zero-order chi connectivity index (χ0) is 14.3. The van der Waals surface area contributed by atoms with Gasteiger partial charge in [-0.1, -0.05) is 12.1 Å². The van der Waals surface area contributed by atoms with E-state index in [1.54, 1.807) is 24.1 Å². The highest BCUT2D eigenvalue weighted by Crippen LogP contribution is 2.10. The molecular weight excluding hydrogens is 242 g/mol. The Balaban J connectivity index is 2.52. The van der Waals surface area contributed by atoms with E-state index in [1.807, 2.05) is 19.2 Å². The van der Waals surface area contributed by atoms with Crippen LogP contribution in [0.1, 0.15) is 12.5 Å². The van der Waals surface area contributed by atoms with Gasteiger partial charge in [0.1, 0.15) is 0 Å². The largest absolute Gasteiger partial charge is 0.344 e. The number of nitrogens with one attached hydrogen (secondary N) is 2. The number of rotatable bonds is 6. The Hall–Kier alpha value is -1.88. The molecule has 0 spiro atoms. The van der Waals surface area contributed by atoms with E-state index in [9.17, 15) is 9.59 Å². The van der Waals surface area contributed by atoms with E-state index in [2.05, 4.69) is 10.6 Å². The number of hydrogen-bond acceptors (Lipinski definition) is 3. The lowest BCUT2D eigenvalue weighted by Gasteiger charge is -2.16. The SMILES string of the molecule is CNCCN(C)C(=O)Cc1ccc(NC(C)=O)cc1. The highest BCUT2D eigenvalue weighted by molar-refractivity contribution is 5.88. The second-order valence-electron chi connectivity index (χ2n) is 4.47. The van der Waals surface area contributed by atoms with Gasteiger partial charge in [0.05, 0.1) is 6.42 Å². The van der Waals surface area contributed by atoms with Crippen LogP contribution in [0.15, 0.2) is 24.3 Å². The number of anilines is 1. The number of carbonyl (C=O) groups excluding carboxylic acids is 2.